The van der Waals surface area contributed by atoms with Crippen LogP contribution in [0.1, 0.15) is 20.3 Å². The number of carboxylic acid groups (broad SMARTS) is 1. The van der Waals surface area contributed by atoms with Gasteiger partial charge < -0.3 is 10.4 Å². The smallest absolute Gasteiger partial charge is 0.331 e. The number of carboxylic acids is 1. The highest BCUT2D eigenvalue weighted by Gasteiger charge is 2.24. The Morgan fingerprint density at radius 2 is 2.38 bits per heavy atom. The second-order valence-corrected chi connectivity index (χ2v) is 3.85. The van der Waals surface area contributed by atoms with Crippen molar-refractivity contribution in [2.75, 3.05) is 19.6 Å². The highest BCUT2D eigenvalue weighted by molar-refractivity contribution is 5.86. The van der Waals surface area contributed by atoms with Crippen LogP contribution in [0.5, 0.6) is 0 Å². The van der Waals surface area contributed by atoms with Crippen LogP contribution in [0.4, 0.5) is 0 Å². The van der Waals surface area contributed by atoms with Crippen LogP contribution in [0.3, 0.4) is 0 Å². The van der Waals surface area contributed by atoms with E-state index >= 15 is 0 Å². The highest BCUT2D eigenvalue weighted by atomic mass is 16.4. The molecule has 90 valence electrons. The highest BCUT2D eigenvalue weighted by Crippen LogP contribution is 2.06. The summed E-state index contributed by atoms with van der Waals surface area (Å²) in [4.78, 5) is 24.1. The fraction of sp³-hybridized carbons (Fsp3) is 0.636. The standard InChI is InChI=1S/C11H18N2O3/c1-3-9(11(15)16)4-6-13-7-5-12-10(14)8(13)2/h4,8H,3,5-7H2,1-2H3,(H,12,14)(H,15,16). The average molecular weight is 226 g/mol. The zero-order chi connectivity index (χ0) is 12.1. The lowest BCUT2D eigenvalue weighted by Crippen LogP contribution is -2.53. The number of rotatable bonds is 4. The van der Waals surface area contributed by atoms with Crippen LogP contribution in [0, 0.1) is 0 Å². The van der Waals surface area contributed by atoms with Crippen molar-refractivity contribution >= 4 is 11.9 Å². The normalized spacial score (nSPS) is 23.0. The van der Waals surface area contributed by atoms with Crippen LogP contribution in [0.15, 0.2) is 11.6 Å². The van der Waals surface area contributed by atoms with Gasteiger partial charge in [0.15, 0.2) is 0 Å². The lowest BCUT2D eigenvalue weighted by molar-refractivity contribution is -0.132. The van der Waals surface area contributed by atoms with E-state index in [2.05, 4.69) is 5.32 Å². The number of hydrogen-bond acceptors (Lipinski definition) is 3. The van der Waals surface area contributed by atoms with Gasteiger partial charge in [0.2, 0.25) is 5.91 Å². The van der Waals surface area contributed by atoms with Gasteiger partial charge in [-0.15, -0.1) is 0 Å². The van der Waals surface area contributed by atoms with Crippen molar-refractivity contribution in [3.8, 4) is 0 Å². The topological polar surface area (TPSA) is 69.6 Å². The third-order valence-corrected chi connectivity index (χ3v) is 2.85. The molecule has 0 aromatic carbocycles. The molecule has 5 nitrogen and oxygen atoms in total. The van der Waals surface area contributed by atoms with E-state index in [1.54, 1.807) is 6.08 Å². The Labute approximate surface area is 95.1 Å². The summed E-state index contributed by atoms with van der Waals surface area (Å²) in [7, 11) is 0. The minimum Gasteiger partial charge on any atom is -0.478 e. The molecule has 1 aliphatic rings. The van der Waals surface area contributed by atoms with Gasteiger partial charge in [-0.05, 0) is 13.3 Å². The van der Waals surface area contributed by atoms with E-state index in [0.29, 0.717) is 25.1 Å². The van der Waals surface area contributed by atoms with Crippen LogP contribution in [0.2, 0.25) is 0 Å². The second-order valence-electron chi connectivity index (χ2n) is 3.85. The molecule has 1 saturated heterocycles. The number of aliphatic carboxylic acids is 1. The molecule has 0 aliphatic carbocycles. The summed E-state index contributed by atoms with van der Waals surface area (Å²) in [5.41, 5.74) is 0.401. The molecule has 1 fully saturated rings. The number of hydrogen-bond donors (Lipinski definition) is 2. The summed E-state index contributed by atoms with van der Waals surface area (Å²) in [5, 5.41) is 11.6. The molecule has 0 aromatic heterocycles. The van der Waals surface area contributed by atoms with E-state index in [9.17, 15) is 9.59 Å². The van der Waals surface area contributed by atoms with Gasteiger partial charge in [-0.3, -0.25) is 9.69 Å². The third-order valence-electron chi connectivity index (χ3n) is 2.85. The summed E-state index contributed by atoms with van der Waals surface area (Å²) in [5.74, 6) is -0.871. The van der Waals surface area contributed by atoms with E-state index in [-0.39, 0.29) is 11.9 Å². The third kappa shape index (κ3) is 3.06. The van der Waals surface area contributed by atoms with Crippen molar-refractivity contribution in [3.05, 3.63) is 11.6 Å². The summed E-state index contributed by atoms with van der Waals surface area (Å²) in [6.45, 7) is 5.55. The van der Waals surface area contributed by atoms with Crippen molar-refractivity contribution in [2.45, 2.75) is 26.3 Å². The molecule has 1 amide bonds. The molecule has 1 unspecified atom stereocenters. The molecule has 16 heavy (non-hydrogen) atoms. The Kier molecular flexibility index (Phi) is 4.49. The number of amides is 1. The Hall–Kier alpha value is -1.36. The molecule has 0 radical (unpaired) electrons. The molecular formula is C11H18N2O3. The maximum atomic E-state index is 11.4. The van der Waals surface area contributed by atoms with Gasteiger partial charge in [0.1, 0.15) is 0 Å². The molecule has 1 aliphatic heterocycles. The van der Waals surface area contributed by atoms with Crippen LogP contribution < -0.4 is 5.32 Å². The van der Waals surface area contributed by atoms with E-state index in [1.165, 1.54) is 0 Å². The molecule has 1 atom stereocenters. The Bertz CT molecular complexity index is 312. The van der Waals surface area contributed by atoms with Crippen LogP contribution in [-0.4, -0.2) is 47.6 Å². The fourth-order valence-electron chi connectivity index (χ4n) is 1.69. The molecule has 0 spiro atoms. The Balaban J connectivity index is 2.59. The summed E-state index contributed by atoms with van der Waals surface area (Å²) in [6, 6.07) is -0.183. The number of nitrogens with one attached hydrogen (secondary N) is 1. The zero-order valence-corrected chi connectivity index (χ0v) is 9.69. The predicted octanol–water partition coefficient (Wildman–Crippen LogP) is 0.228. The minimum absolute atomic E-state index is 0.00743. The average Bonchev–Trinajstić information content (AvgIpc) is 2.24. The van der Waals surface area contributed by atoms with E-state index in [1.807, 2.05) is 18.7 Å². The van der Waals surface area contributed by atoms with Gasteiger partial charge in [-0.2, -0.15) is 0 Å². The SMILES string of the molecule is CCC(=CCN1CCNC(=O)C1C)C(=O)O. The number of carbonyl (C=O) groups is 2. The van der Waals surface area contributed by atoms with E-state index < -0.39 is 5.97 Å². The first-order valence-corrected chi connectivity index (χ1v) is 5.50. The Morgan fingerprint density at radius 3 is 2.94 bits per heavy atom. The minimum atomic E-state index is -0.878. The fourth-order valence-corrected chi connectivity index (χ4v) is 1.69. The van der Waals surface area contributed by atoms with Gasteiger partial charge in [0.25, 0.3) is 0 Å². The molecule has 0 bridgehead atoms. The maximum absolute atomic E-state index is 11.4. The zero-order valence-electron chi connectivity index (χ0n) is 9.69. The number of piperazine rings is 1. The molecular weight excluding hydrogens is 208 g/mol. The molecule has 5 heteroatoms. The van der Waals surface area contributed by atoms with Gasteiger partial charge in [0.05, 0.1) is 6.04 Å². The lowest BCUT2D eigenvalue weighted by atomic mass is 10.1. The molecule has 1 rings (SSSR count). The summed E-state index contributed by atoms with van der Waals surface area (Å²) in [6.07, 6.45) is 2.20. The summed E-state index contributed by atoms with van der Waals surface area (Å²) >= 11 is 0. The van der Waals surface area contributed by atoms with Crippen LogP contribution >= 0.6 is 0 Å². The van der Waals surface area contributed by atoms with Gasteiger partial charge in [-0.25, -0.2) is 4.79 Å². The second kappa shape index (κ2) is 5.65. The van der Waals surface area contributed by atoms with Gasteiger partial charge in [-0.1, -0.05) is 13.0 Å². The van der Waals surface area contributed by atoms with Crippen molar-refractivity contribution in [3.63, 3.8) is 0 Å². The summed E-state index contributed by atoms with van der Waals surface area (Å²) < 4.78 is 0. The van der Waals surface area contributed by atoms with Gasteiger partial charge in [0, 0.05) is 25.2 Å². The van der Waals surface area contributed by atoms with Crippen molar-refractivity contribution in [1.29, 1.82) is 0 Å². The van der Waals surface area contributed by atoms with Crippen molar-refractivity contribution in [1.82, 2.24) is 10.2 Å². The molecule has 1 heterocycles. The van der Waals surface area contributed by atoms with Crippen LogP contribution in [-0.2, 0) is 9.59 Å². The number of carbonyl (C=O) groups excluding carboxylic acids is 1. The monoisotopic (exact) mass is 226 g/mol. The Morgan fingerprint density at radius 1 is 1.69 bits per heavy atom. The molecule has 0 saturated carbocycles. The van der Waals surface area contributed by atoms with Crippen molar-refractivity contribution < 1.29 is 14.7 Å². The lowest BCUT2D eigenvalue weighted by Gasteiger charge is -2.31. The quantitative estimate of drug-likeness (QED) is 0.673. The van der Waals surface area contributed by atoms with E-state index in [4.69, 9.17) is 5.11 Å². The number of nitrogens with zero attached hydrogens (tertiary/aromatic N) is 1. The molecule has 2 N–H and O–H groups in total. The maximum Gasteiger partial charge on any atom is 0.331 e. The van der Waals surface area contributed by atoms with Crippen LogP contribution in [0.25, 0.3) is 0 Å². The first-order valence-electron chi connectivity index (χ1n) is 5.50. The predicted molar refractivity (Wildman–Crippen MR) is 60.1 cm³/mol. The molecule has 0 aromatic rings. The van der Waals surface area contributed by atoms with Gasteiger partial charge >= 0.3 is 5.97 Å². The van der Waals surface area contributed by atoms with E-state index in [0.717, 1.165) is 6.54 Å². The first kappa shape index (κ1) is 12.7. The van der Waals surface area contributed by atoms with Crippen molar-refractivity contribution in [2.24, 2.45) is 0 Å². The first-order chi connectivity index (χ1) is 7.56. The largest absolute Gasteiger partial charge is 0.478 e.